The highest BCUT2D eigenvalue weighted by Gasteiger charge is 2.32. The number of aryl methyl sites for hydroxylation is 1. The van der Waals surface area contributed by atoms with Crippen LogP contribution in [0.5, 0.6) is 0 Å². The van der Waals surface area contributed by atoms with Crippen LogP contribution in [-0.2, 0) is 6.18 Å². The molecule has 3 aromatic heterocycles. The first kappa shape index (κ1) is 24.6. The Balaban J connectivity index is 1.40. The maximum atomic E-state index is 13.1. The Bertz CT molecular complexity index is 1380. The van der Waals surface area contributed by atoms with Gasteiger partial charge in [-0.15, -0.1) is 0 Å². The normalized spacial score (nSPS) is 12.2. The number of benzene rings is 1. The van der Waals surface area contributed by atoms with Crippen LogP contribution in [0, 0.1) is 6.92 Å². The van der Waals surface area contributed by atoms with Crippen LogP contribution in [0.1, 0.15) is 57.1 Å². The van der Waals surface area contributed by atoms with E-state index < -0.39 is 23.6 Å². The Labute approximate surface area is 201 Å². The van der Waals surface area contributed by atoms with Crippen molar-refractivity contribution in [2.75, 3.05) is 10.6 Å². The monoisotopic (exact) mass is 500 g/mol. The Morgan fingerprint density at radius 3 is 2.58 bits per heavy atom. The molecule has 0 unspecified atom stereocenters. The lowest BCUT2D eigenvalue weighted by atomic mass is 9.99. The summed E-state index contributed by atoms with van der Waals surface area (Å²) in [5.41, 5.74) is -0.383. The molecule has 1 aromatic carbocycles. The molecule has 0 bridgehead atoms. The quantitative estimate of drug-likeness (QED) is 0.315. The van der Waals surface area contributed by atoms with E-state index in [0.29, 0.717) is 17.3 Å². The van der Waals surface area contributed by atoms with Gasteiger partial charge in [0, 0.05) is 36.2 Å². The molecular formula is C23H19F3N6O4. The first-order valence-corrected chi connectivity index (χ1v) is 10.6. The molecule has 3 heterocycles. The average Bonchev–Trinajstić information content (AvgIpc) is 3.52. The Hall–Kier alpha value is -4.55. The van der Waals surface area contributed by atoms with Gasteiger partial charge in [0.1, 0.15) is 24.1 Å². The van der Waals surface area contributed by atoms with Crippen LogP contribution >= 0.6 is 0 Å². The summed E-state index contributed by atoms with van der Waals surface area (Å²) in [5, 5.41) is 12.8. The summed E-state index contributed by atoms with van der Waals surface area (Å²) in [5.74, 6) is -0.972. The number of anilines is 3. The summed E-state index contributed by atoms with van der Waals surface area (Å²) in [4.78, 5) is 33.2. The lowest BCUT2D eigenvalue weighted by Crippen LogP contribution is -2.13. The number of nitrogens with one attached hydrogen (secondary N) is 2. The number of hydrogen-bond acceptors (Lipinski definition) is 9. The van der Waals surface area contributed by atoms with Crippen LogP contribution in [0.15, 0.2) is 58.0 Å². The summed E-state index contributed by atoms with van der Waals surface area (Å²) < 4.78 is 49.2. The van der Waals surface area contributed by atoms with Crippen LogP contribution in [0.2, 0.25) is 0 Å². The number of ketones is 1. The van der Waals surface area contributed by atoms with Crippen LogP contribution in [0.4, 0.5) is 30.5 Å². The minimum Gasteiger partial charge on any atom is -0.363 e. The van der Waals surface area contributed by atoms with Gasteiger partial charge in [-0.05, 0) is 24.6 Å². The number of nitrogens with zero attached hydrogens (tertiary/aromatic N) is 4. The molecule has 0 aliphatic rings. The number of carbonyl (C=O) groups excluding carboxylic acids is 2. The van der Waals surface area contributed by atoms with E-state index in [1.54, 1.807) is 13.0 Å². The molecule has 0 fully saturated rings. The minimum atomic E-state index is -4.55. The van der Waals surface area contributed by atoms with Crippen LogP contribution in [0.25, 0.3) is 0 Å². The van der Waals surface area contributed by atoms with Crippen molar-refractivity contribution >= 4 is 29.0 Å². The van der Waals surface area contributed by atoms with E-state index >= 15 is 0 Å². The predicted octanol–water partition coefficient (Wildman–Crippen LogP) is 5.15. The largest absolute Gasteiger partial charge is 0.416 e. The van der Waals surface area contributed by atoms with Gasteiger partial charge in [0.25, 0.3) is 5.91 Å². The third-order valence-corrected chi connectivity index (χ3v) is 5.20. The highest BCUT2D eigenvalue weighted by molar-refractivity contribution is 6.02. The maximum absolute atomic E-state index is 13.1. The maximum Gasteiger partial charge on any atom is 0.416 e. The molecule has 2 N–H and O–H groups in total. The second-order valence-corrected chi connectivity index (χ2v) is 7.92. The molecule has 1 amide bonds. The molecular weight excluding hydrogens is 481 g/mol. The fraction of sp³-hybridized carbons (Fsp3) is 0.217. The molecule has 1 atom stereocenters. The molecule has 36 heavy (non-hydrogen) atoms. The van der Waals surface area contributed by atoms with Gasteiger partial charge in [-0.3, -0.25) is 9.59 Å². The van der Waals surface area contributed by atoms with Crippen molar-refractivity contribution in [3.8, 4) is 0 Å². The van der Waals surface area contributed by atoms with Crippen molar-refractivity contribution in [2.24, 2.45) is 0 Å². The van der Waals surface area contributed by atoms with E-state index in [2.05, 4.69) is 30.9 Å². The average molecular weight is 500 g/mol. The molecule has 186 valence electrons. The van der Waals surface area contributed by atoms with Gasteiger partial charge < -0.3 is 19.7 Å². The van der Waals surface area contributed by atoms with Crippen molar-refractivity contribution in [1.29, 1.82) is 0 Å². The number of halogens is 3. The van der Waals surface area contributed by atoms with Crippen molar-refractivity contribution in [1.82, 2.24) is 20.3 Å². The van der Waals surface area contributed by atoms with E-state index in [4.69, 9.17) is 9.05 Å². The number of carbonyl (C=O) groups is 2. The SMILES string of the molecule is Cc1ccc(NC(=O)c2cc([C@@H](C)CC(=O)c3cc(Nc4ccon4)ncn3)no2)cc1C(F)(F)F. The first-order valence-electron chi connectivity index (χ1n) is 10.6. The third kappa shape index (κ3) is 5.74. The Kier molecular flexibility index (Phi) is 6.81. The van der Waals surface area contributed by atoms with Crippen molar-refractivity contribution < 1.29 is 31.8 Å². The molecule has 0 spiro atoms. The second kappa shape index (κ2) is 9.98. The van der Waals surface area contributed by atoms with Crippen molar-refractivity contribution in [2.45, 2.75) is 32.4 Å². The summed E-state index contributed by atoms with van der Waals surface area (Å²) in [6.45, 7) is 3.04. The van der Waals surface area contributed by atoms with E-state index in [0.717, 1.165) is 6.07 Å². The van der Waals surface area contributed by atoms with E-state index in [-0.39, 0.29) is 34.9 Å². The fourth-order valence-corrected chi connectivity index (χ4v) is 3.30. The third-order valence-electron chi connectivity index (χ3n) is 5.20. The van der Waals surface area contributed by atoms with Gasteiger partial charge in [-0.25, -0.2) is 9.97 Å². The van der Waals surface area contributed by atoms with Gasteiger partial charge >= 0.3 is 6.18 Å². The zero-order valence-electron chi connectivity index (χ0n) is 19.0. The Morgan fingerprint density at radius 1 is 1.06 bits per heavy atom. The summed E-state index contributed by atoms with van der Waals surface area (Å²) in [6.07, 6.45) is -1.94. The summed E-state index contributed by atoms with van der Waals surface area (Å²) >= 11 is 0. The van der Waals surface area contributed by atoms with E-state index in [1.807, 2.05) is 0 Å². The number of rotatable bonds is 8. The predicted molar refractivity (Wildman–Crippen MR) is 120 cm³/mol. The number of aromatic nitrogens is 4. The highest BCUT2D eigenvalue weighted by Crippen LogP contribution is 2.33. The summed E-state index contributed by atoms with van der Waals surface area (Å²) in [6, 6.07) is 7.84. The van der Waals surface area contributed by atoms with Gasteiger partial charge in [-0.2, -0.15) is 13.2 Å². The zero-order chi connectivity index (χ0) is 25.9. The molecule has 0 aliphatic carbocycles. The Morgan fingerprint density at radius 2 is 1.86 bits per heavy atom. The standard InChI is InChI=1S/C23H19F3N6O4/c1-12-3-4-14(8-15(12)23(24,25)26)29-22(34)19-9-16(31-36-19)13(2)7-18(33)17-10-21(28-11-27-17)30-20-5-6-35-32-20/h3-6,8-11,13H,7H2,1-2H3,(H,29,34)(H,27,28,30,32)/t13-/m0/s1. The van der Waals surface area contributed by atoms with E-state index in [1.165, 1.54) is 43.8 Å². The second-order valence-electron chi connectivity index (χ2n) is 7.92. The van der Waals surface area contributed by atoms with Crippen LogP contribution in [-0.4, -0.2) is 32.0 Å². The number of amides is 1. The van der Waals surface area contributed by atoms with Gasteiger partial charge in [0.05, 0.1) is 11.3 Å². The minimum absolute atomic E-state index is 0.000904. The van der Waals surface area contributed by atoms with Crippen LogP contribution < -0.4 is 10.6 Å². The van der Waals surface area contributed by atoms with E-state index in [9.17, 15) is 22.8 Å². The van der Waals surface area contributed by atoms with Gasteiger partial charge in [0.15, 0.2) is 11.6 Å². The molecule has 0 aliphatic heterocycles. The number of Topliss-reactive ketones (excluding diaryl/α,β-unsaturated/α-hetero) is 1. The molecule has 0 saturated carbocycles. The molecule has 0 radical (unpaired) electrons. The van der Waals surface area contributed by atoms with Crippen molar-refractivity contribution in [3.63, 3.8) is 0 Å². The van der Waals surface area contributed by atoms with Gasteiger partial charge in [-0.1, -0.05) is 23.3 Å². The molecule has 13 heteroatoms. The molecule has 4 rings (SSSR count). The number of hydrogen-bond donors (Lipinski definition) is 2. The first-order chi connectivity index (χ1) is 17.1. The zero-order valence-corrected chi connectivity index (χ0v) is 19.0. The van der Waals surface area contributed by atoms with Gasteiger partial charge in [0.2, 0.25) is 5.76 Å². The fourth-order valence-electron chi connectivity index (χ4n) is 3.30. The summed E-state index contributed by atoms with van der Waals surface area (Å²) in [7, 11) is 0. The smallest absolute Gasteiger partial charge is 0.363 e. The molecule has 0 saturated heterocycles. The van der Waals surface area contributed by atoms with Crippen LogP contribution in [0.3, 0.4) is 0 Å². The number of alkyl halides is 3. The molecule has 4 aromatic rings. The highest BCUT2D eigenvalue weighted by atomic mass is 19.4. The lowest BCUT2D eigenvalue weighted by Gasteiger charge is -2.12. The molecule has 10 nitrogen and oxygen atoms in total. The topological polar surface area (TPSA) is 136 Å². The lowest BCUT2D eigenvalue weighted by molar-refractivity contribution is -0.138. The van der Waals surface area contributed by atoms with Crippen molar-refractivity contribution in [3.05, 3.63) is 77.3 Å².